The fourth-order valence-electron chi connectivity index (χ4n) is 3.99. The smallest absolute Gasteiger partial charge is 0.382 e. The van der Waals surface area contributed by atoms with Crippen LogP contribution in [0.25, 0.3) is 22.5 Å². The molecule has 1 aliphatic carbocycles. The number of anilines is 1. The third-order valence-electron chi connectivity index (χ3n) is 5.89. The van der Waals surface area contributed by atoms with Crippen molar-refractivity contribution in [3.8, 4) is 22.5 Å². The fraction of sp³-hybridized carbons (Fsp3) is 0.292. The van der Waals surface area contributed by atoms with E-state index in [1.807, 2.05) is 0 Å². The van der Waals surface area contributed by atoms with Crippen LogP contribution in [0.2, 0.25) is 0 Å². The lowest BCUT2D eigenvalue weighted by atomic mass is 9.82. The van der Waals surface area contributed by atoms with E-state index in [-0.39, 0.29) is 23.6 Å². The summed E-state index contributed by atoms with van der Waals surface area (Å²) >= 11 is 0. The molecule has 8 heteroatoms. The van der Waals surface area contributed by atoms with Crippen LogP contribution in [-0.4, -0.2) is 21.8 Å². The number of carbonyl (C=O) groups is 1. The maximum Gasteiger partial charge on any atom is 0.416 e. The molecule has 4 N–H and O–H groups in total. The molecule has 0 unspecified atom stereocenters. The fourth-order valence-corrected chi connectivity index (χ4v) is 3.99. The number of hydrogen-bond donors (Lipinski definition) is 2. The second-order valence-electron chi connectivity index (χ2n) is 8.12. The number of alkyl halides is 3. The van der Waals surface area contributed by atoms with E-state index in [1.165, 1.54) is 18.3 Å². The van der Waals surface area contributed by atoms with Gasteiger partial charge in [-0.25, -0.2) is 9.97 Å². The molecule has 1 aliphatic rings. The molecule has 0 spiro atoms. The van der Waals surface area contributed by atoms with Gasteiger partial charge in [-0.2, -0.15) is 13.2 Å². The number of hydrogen-bond acceptors (Lipinski definition) is 5. The first-order valence-electron chi connectivity index (χ1n) is 10.4. The minimum absolute atomic E-state index is 0.00300. The molecule has 1 saturated carbocycles. The molecule has 4 rings (SSSR count). The van der Waals surface area contributed by atoms with Crippen molar-refractivity contribution in [3.63, 3.8) is 0 Å². The minimum Gasteiger partial charge on any atom is -0.382 e. The van der Waals surface area contributed by atoms with E-state index in [0.29, 0.717) is 22.5 Å². The molecule has 0 atom stereocenters. The molecule has 1 heterocycles. The van der Waals surface area contributed by atoms with E-state index >= 15 is 0 Å². The largest absolute Gasteiger partial charge is 0.416 e. The van der Waals surface area contributed by atoms with E-state index in [4.69, 9.17) is 11.5 Å². The lowest BCUT2D eigenvalue weighted by molar-refractivity contribution is -0.137. The van der Waals surface area contributed by atoms with Crippen LogP contribution >= 0.6 is 0 Å². The Labute approximate surface area is 183 Å². The van der Waals surface area contributed by atoms with Gasteiger partial charge in [-0.15, -0.1) is 0 Å². The molecule has 0 amide bonds. The van der Waals surface area contributed by atoms with Crippen LogP contribution in [-0.2, 0) is 6.18 Å². The van der Waals surface area contributed by atoms with Gasteiger partial charge in [0.2, 0.25) is 0 Å². The molecule has 0 saturated heterocycles. The van der Waals surface area contributed by atoms with Gasteiger partial charge < -0.3 is 11.5 Å². The Hall–Kier alpha value is -3.26. The third kappa shape index (κ3) is 4.65. The summed E-state index contributed by atoms with van der Waals surface area (Å²) in [6.07, 6.45) is 0.427. The van der Waals surface area contributed by atoms with Gasteiger partial charge in [0.25, 0.3) is 0 Å². The summed E-state index contributed by atoms with van der Waals surface area (Å²) in [5.74, 6) is 0.247. The van der Waals surface area contributed by atoms with Gasteiger partial charge in [-0.3, -0.25) is 4.79 Å². The topological polar surface area (TPSA) is 94.9 Å². The van der Waals surface area contributed by atoms with Crippen molar-refractivity contribution in [2.75, 3.05) is 5.73 Å². The van der Waals surface area contributed by atoms with Gasteiger partial charge in [0, 0.05) is 28.7 Å². The Bertz CT molecular complexity index is 1100. The number of aromatic nitrogens is 2. The summed E-state index contributed by atoms with van der Waals surface area (Å²) in [5.41, 5.74) is 13.7. The average molecular weight is 440 g/mol. The summed E-state index contributed by atoms with van der Waals surface area (Å²) in [7, 11) is 0. The number of benzene rings is 2. The van der Waals surface area contributed by atoms with Crippen LogP contribution < -0.4 is 11.5 Å². The van der Waals surface area contributed by atoms with Gasteiger partial charge in [0.1, 0.15) is 11.5 Å². The molecule has 2 aromatic carbocycles. The van der Waals surface area contributed by atoms with Crippen LogP contribution in [0.15, 0.2) is 54.7 Å². The highest BCUT2D eigenvalue weighted by atomic mass is 19.4. The molecule has 166 valence electrons. The van der Waals surface area contributed by atoms with Crippen LogP contribution in [0, 0.1) is 5.92 Å². The number of halogens is 3. The molecule has 0 bridgehead atoms. The lowest BCUT2D eigenvalue weighted by Crippen LogP contribution is -2.29. The second kappa shape index (κ2) is 8.70. The first-order valence-corrected chi connectivity index (χ1v) is 10.4. The van der Waals surface area contributed by atoms with Crippen LogP contribution in [0.5, 0.6) is 0 Å². The Morgan fingerprint density at radius 1 is 0.906 bits per heavy atom. The van der Waals surface area contributed by atoms with Crippen LogP contribution in [0.3, 0.4) is 0 Å². The van der Waals surface area contributed by atoms with Crippen LogP contribution in [0.1, 0.15) is 41.6 Å². The maximum absolute atomic E-state index is 12.8. The van der Waals surface area contributed by atoms with Crippen molar-refractivity contribution >= 4 is 11.6 Å². The van der Waals surface area contributed by atoms with Gasteiger partial charge in [0.05, 0.1) is 17.5 Å². The average Bonchev–Trinajstić information content (AvgIpc) is 2.79. The number of rotatable bonds is 4. The van der Waals surface area contributed by atoms with Gasteiger partial charge in [-0.1, -0.05) is 36.4 Å². The molecule has 0 aliphatic heterocycles. The van der Waals surface area contributed by atoms with Crippen molar-refractivity contribution in [2.45, 2.75) is 37.9 Å². The van der Waals surface area contributed by atoms with Gasteiger partial charge >= 0.3 is 6.18 Å². The standard InChI is InChI=1S/C24H23F3N4O/c25-24(26,27)18-9-5-15(6-10-18)21-23(29)30-13-20(31-21)14-1-3-16(4-2-14)22(32)17-7-11-19(28)12-8-17/h1-6,9-10,13,17,19H,7-8,11-12,28H2,(H2,29,30). The SMILES string of the molecule is Nc1ncc(-c2ccc(C(=O)C3CCC(N)CC3)cc2)nc1-c1ccc(C(F)(F)F)cc1. The van der Waals surface area contributed by atoms with Gasteiger partial charge in [-0.05, 0) is 37.8 Å². The maximum atomic E-state index is 12.8. The molecule has 0 radical (unpaired) electrons. The van der Waals surface area contributed by atoms with Crippen molar-refractivity contribution in [1.29, 1.82) is 0 Å². The molecule has 1 aromatic heterocycles. The number of carbonyl (C=O) groups excluding carboxylic acids is 1. The number of Topliss-reactive ketones (excluding diaryl/α,β-unsaturated/α-hetero) is 1. The highest BCUT2D eigenvalue weighted by molar-refractivity contribution is 5.98. The van der Waals surface area contributed by atoms with E-state index in [0.717, 1.165) is 43.4 Å². The predicted molar refractivity (Wildman–Crippen MR) is 117 cm³/mol. The van der Waals surface area contributed by atoms with Crippen molar-refractivity contribution in [3.05, 3.63) is 65.9 Å². The normalized spacial score (nSPS) is 19.0. The molecule has 3 aromatic rings. The first-order chi connectivity index (χ1) is 15.2. The Morgan fingerprint density at radius 3 is 2.09 bits per heavy atom. The zero-order valence-electron chi connectivity index (χ0n) is 17.3. The zero-order chi connectivity index (χ0) is 22.9. The Kier molecular flexibility index (Phi) is 5.97. The number of ketones is 1. The summed E-state index contributed by atoms with van der Waals surface area (Å²) in [5, 5.41) is 0. The summed E-state index contributed by atoms with van der Waals surface area (Å²) in [6, 6.07) is 11.9. The van der Waals surface area contributed by atoms with E-state index in [9.17, 15) is 18.0 Å². The molecular weight excluding hydrogens is 417 g/mol. The van der Waals surface area contributed by atoms with Crippen LogP contribution in [0.4, 0.5) is 19.0 Å². The van der Waals surface area contributed by atoms with E-state index in [2.05, 4.69) is 9.97 Å². The van der Waals surface area contributed by atoms with Crippen molar-refractivity contribution in [1.82, 2.24) is 9.97 Å². The van der Waals surface area contributed by atoms with E-state index < -0.39 is 11.7 Å². The number of nitrogens with zero attached hydrogens (tertiary/aromatic N) is 2. The zero-order valence-corrected chi connectivity index (χ0v) is 17.3. The summed E-state index contributed by atoms with van der Waals surface area (Å²) in [4.78, 5) is 21.4. The molecule has 5 nitrogen and oxygen atoms in total. The summed E-state index contributed by atoms with van der Waals surface area (Å²) in [6.45, 7) is 0. The van der Waals surface area contributed by atoms with Crippen molar-refractivity contribution < 1.29 is 18.0 Å². The van der Waals surface area contributed by atoms with E-state index in [1.54, 1.807) is 24.3 Å². The minimum atomic E-state index is -4.42. The predicted octanol–water partition coefficient (Wildman–Crippen LogP) is 5.11. The highest BCUT2D eigenvalue weighted by Crippen LogP contribution is 2.32. The van der Waals surface area contributed by atoms with Crippen molar-refractivity contribution in [2.24, 2.45) is 11.7 Å². The lowest BCUT2D eigenvalue weighted by Gasteiger charge is -2.25. The number of nitrogens with two attached hydrogens (primary N) is 2. The highest BCUT2D eigenvalue weighted by Gasteiger charge is 2.30. The third-order valence-corrected chi connectivity index (χ3v) is 5.89. The molecule has 32 heavy (non-hydrogen) atoms. The summed E-state index contributed by atoms with van der Waals surface area (Å²) < 4.78 is 38.5. The monoisotopic (exact) mass is 440 g/mol. The Morgan fingerprint density at radius 2 is 1.50 bits per heavy atom. The molecule has 1 fully saturated rings. The molecular formula is C24H23F3N4O. The first kappa shape index (κ1) is 22.0. The number of nitrogen functional groups attached to an aromatic ring is 1. The van der Waals surface area contributed by atoms with Gasteiger partial charge in [0.15, 0.2) is 5.78 Å². The second-order valence-corrected chi connectivity index (χ2v) is 8.12. The Balaban J connectivity index is 1.56. The quantitative estimate of drug-likeness (QED) is 0.550.